The lowest BCUT2D eigenvalue weighted by molar-refractivity contribution is -0.138. The van der Waals surface area contributed by atoms with Gasteiger partial charge in [0.05, 0.1) is 13.1 Å². The number of carboxylic acids is 1. The van der Waals surface area contributed by atoms with E-state index < -0.39 is 5.97 Å². The number of aliphatic carboxylic acids is 1. The smallest absolute Gasteiger partial charge is 0.317 e. The number of rotatable bonds is 7. The standard InChI is InChI=1S/C13H14FNO3/c1-2-7-15(10-13(16)17)8-9-18-12-5-3-11(14)4-6-12/h1,3-6H,7-10H2,(H,16,17). The number of carboxylic acid groups (broad SMARTS) is 1. The predicted octanol–water partition coefficient (Wildman–Crippen LogP) is 1.22. The molecule has 0 amide bonds. The Morgan fingerprint density at radius 3 is 2.67 bits per heavy atom. The molecule has 5 heteroatoms. The molecule has 0 aromatic heterocycles. The number of nitrogens with zero attached hydrogens (tertiary/aromatic N) is 1. The second-order valence-electron chi connectivity index (χ2n) is 3.61. The highest BCUT2D eigenvalue weighted by Gasteiger charge is 2.08. The van der Waals surface area contributed by atoms with Gasteiger partial charge in [-0.2, -0.15) is 0 Å². The molecule has 0 saturated carbocycles. The first-order valence-corrected chi connectivity index (χ1v) is 5.38. The number of benzene rings is 1. The van der Waals surface area contributed by atoms with E-state index in [0.717, 1.165) is 0 Å². The van der Waals surface area contributed by atoms with Crippen molar-refractivity contribution >= 4 is 5.97 Å². The number of ether oxygens (including phenoxy) is 1. The number of halogens is 1. The molecular formula is C13H14FNO3. The minimum Gasteiger partial charge on any atom is -0.492 e. The van der Waals surface area contributed by atoms with Crippen LogP contribution in [0.5, 0.6) is 5.75 Å². The maximum atomic E-state index is 12.6. The van der Waals surface area contributed by atoms with Gasteiger partial charge in [-0.05, 0) is 24.3 Å². The van der Waals surface area contributed by atoms with E-state index in [2.05, 4.69) is 5.92 Å². The molecule has 0 aliphatic carbocycles. The van der Waals surface area contributed by atoms with Gasteiger partial charge in [-0.25, -0.2) is 4.39 Å². The van der Waals surface area contributed by atoms with E-state index in [0.29, 0.717) is 18.9 Å². The molecule has 0 saturated heterocycles. The van der Waals surface area contributed by atoms with Gasteiger partial charge in [-0.1, -0.05) is 5.92 Å². The Morgan fingerprint density at radius 1 is 1.44 bits per heavy atom. The van der Waals surface area contributed by atoms with E-state index in [9.17, 15) is 9.18 Å². The summed E-state index contributed by atoms with van der Waals surface area (Å²) in [5.74, 6) is 1.65. The average molecular weight is 251 g/mol. The molecule has 0 aliphatic rings. The van der Waals surface area contributed by atoms with Crippen LogP contribution in [0.15, 0.2) is 24.3 Å². The summed E-state index contributed by atoms with van der Waals surface area (Å²) in [4.78, 5) is 12.1. The third-order valence-electron chi connectivity index (χ3n) is 2.16. The van der Waals surface area contributed by atoms with Crippen molar-refractivity contribution in [1.82, 2.24) is 4.90 Å². The summed E-state index contributed by atoms with van der Waals surface area (Å²) in [6, 6.07) is 5.62. The van der Waals surface area contributed by atoms with Gasteiger partial charge >= 0.3 is 5.97 Å². The summed E-state index contributed by atoms with van der Waals surface area (Å²) >= 11 is 0. The van der Waals surface area contributed by atoms with Gasteiger partial charge in [0, 0.05) is 6.54 Å². The Hall–Kier alpha value is -2.06. The highest BCUT2D eigenvalue weighted by Crippen LogP contribution is 2.10. The number of hydrogen-bond acceptors (Lipinski definition) is 3. The van der Waals surface area contributed by atoms with Crippen LogP contribution in [0.4, 0.5) is 4.39 Å². The Morgan fingerprint density at radius 2 is 2.11 bits per heavy atom. The minimum atomic E-state index is -0.938. The molecule has 0 radical (unpaired) electrons. The first kappa shape index (κ1) is 14.0. The molecule has 0 spiro atoms. The molecule has 4 nitrogen and oxygen atoms in total. The molecule has 1 rings (SSSR count). The molecule has 0 atom stereocenters. The van der Waals surface area contributed by atoms with Gasteiger partial charge in [0.2, 0.25) is 0 Å². The van der Waals surface area contributed by atoms with Crippen molar-refractivity contribution in [2.24, 2.45) is 0 Å². The van der Waals surface area contributed by atoms with Crippen molar-refractivity contribution < 1.29 is 19.0 Å². The number of terminal acetylenes is 1. The van der Waals surface area contributed by atoms with Crippen LogP contribution >= 0.6 is 0 Å². The molecule has 0 unspecified atom stereocenters. The third-order valence-corrected chi connectivity index (χ3v) is 2.16. The van der Waals surface area contributed by atoms with E-state index in [1.54, 1.807) is 4.90 Å². The maximum absolute atomic E-state index is 12.6. The van der Waals surface area contributed by atoms with E-state index >= 15 is 0 Å². The topological polar surface area (TPSA) is 49.8 Å². The van der Waals surface area contributed by atoms with Crippen LogP contribution in [0, 0.1) is 18.2 Å². The van der Waals surface area contributed by atoms with Crippen molar-refractivity contribution in [3.05, 3.63) is 30.1 Å². The highest BCUT2D eigenvalue weighted by atomic mass is 19.1. The van der Waals surface area contributed by atoms with Crippen LogP contribution in [0.2, 0.25) is 0 Å². The zero-order valence-electron chi connectivity index (χ0n) is 9.80. The SMILES string of the molecule is C#CCN(CCOc1ccc(F)cc1)CC(=O)O. The van der Waals surface area contributed by atoms with Crippen LogP contribution in [0.25, 0.3) is 0 Å². The van der Waals surface area contributed by atoms with Crippen molar-refractivity contribution in [3.8, 4) is 18.1 Å². The molecule has 0 fully saturated rings. The normalized spacial score (nSPS) is 10.1. The second-order valence-corrected chi connectivity index (χ2v) is 3.61. The van der Waals surface area contributed by atoms with E-state index in [1.165, 1.54) is 24.3 Å². The van der Waals surface area contributed by atoms with Gasteiger partial charge in [-0.3, -0.25) is 9.69 Å². The lowest BCUT2D eigenvalue weighted by Gasteiger charge is -2.17. The first-order chi connectivity index (χ1) is 8.61. The van der Waals surface area contributed by atoms with E-state index in [4.69, 9.17) is 16.3 Å². The number of hydrogen-bond donors (Lipinski definition) is 1. The van der Waals surface area contributed by atoms with Crippen LogP contribution in [-0.4, -0.2) is 42.2 Å². The molecule has 0 aliphatic heterocycles. The Labute approximate surface area is 105 Å². The quantitative estimate of drug-likeness (QED) is 0.740. The van der Waals surface area contributed by atoms with Gasteiger partial charge in [0.1, 0.15) is 18.2 Å². The van der Waals surface area contributed by atoms with Gasteiger partial charge in [0.15, 0.2) is 0 Å². The summed E-state index contributed by atoms with van der Waals surface area (Å²) in [7, 11) is 0. The molecule has 0 heterocycles. The van der Waals surface area contributed by atoms with Gasteiger partial charge in [0.25, 0.3) is 0 Å². The van der Waals surface area contributed by atoms with Crippen LogP contribution < -0.4 is 4.74 Å². The van der Waals surface area contributed by atoms with Crippen LogP contribution in [0.3, 0.4) is 0 Å². The van der Waals surface area contributed by atoms with Gasteiger partial charge < -0.3 is 9.84 Å². The predicted molar refractivity (Wildman–Crippen MR) is 64.8 cm³/mol. The zero-order valence-corrected chi connectivity index (χ0v) is 9.80. The summed E-state index contributed by atoms with van der Waals surface area (Å²) in [6.07, 6.45) is 5.14. The fraction of sp³-hybridized carbons (Fsp3) is 0.308. The van der Waals surface area contributed by atoms with Crippen molar-refractivity contribution in [2.45, 2.75) is 0 Å². The molecule has 96 valence electrons. The summed E-state index contributed by atoms with van der Waals surface area (Å²) < 4.78 is 18.0. The number of carbonyl (C=O) groups is 1. The molecular weight excluding hydrogens is 237 g/mol. The molecule has 18 heavy (non-hydrogen) atoms. The Bertz CT molecular complexity index is 425. The molecule has 1 N–H and O–H groups in total. The largest absolute Gasteiger partial charge is 0.492 e. The van der Waals surface area contributed by atoms with Crippen molar-refractivity contribution in [3.63, 3.8) is 0 Å². The average Bonchev–Trinajstić information content (AvgIpc) is 2.31. The maximum Gasteiger partial charge on any atom is 0.317 e. The Kier molecular flexibility index (Phi) is 5.68. The lowest BCUT2D eigenvalue weighted by Crippen LogP contribution is -2.33. The lowest BCUT2D eigenvalue weighted by atomic mass is 10.3. The minimum absolute atomic E-state index is 0.128. The zero-order chi connectivity index (χ0) is 13.4. The summed E-state index contributed by atoms with van der Waals surface area (Å²) in [5.41, 5.74) is 0. The highest BCUT2D eigenvalue weighted by molar-refractivity contribution is 5.69. The van der Waals surface area contributed by atoms with E-state index in [-0.39, 0.29) is 18.9 Å². The summed E-state index contributed by atoms with van der Waals surface area (Å²) in [6.45, 7) is 0.810. The fourth-order valence-electron chi connectivity index (χ4n) is 1.36. The fourth-order valence-corrected chi connectivity index (χ4v) is 1.36. The molecule has 1 aromatic carbocycles. The monoisotopic (exact) mass is 251 g/mol. The van der Waals surface area contributed by atoms with E-state index in [1.807, 2.05) is 0 Å². The molecule has 1 aromatic rings. The van der Waals surface area contributed by atoms with Crippen LogP contribution in [0.1, 0.15) is 0 Å². The first-order valence-electron chi connectivity index (χ1n) is 5.38. The van der Waals surface area contributed by atoms with Crippen LogP contribution in [-0.2, 0) is 4.79 Å². The Balaban J connectivity index is 2.36. The second kappa shape index (κ2) is 7.30. The van der Waals surface area contributed by atoms with Crippen molar-refractivity contribution in [2.75, 3.05) is 26.2 Å². The van der Waals surface area contributed by atoms with Crippen molar-refractivity contribution in [1.29, 1.82) is 0 Å². The summed E-state index contributed by atoms with van der Waals surface area (Å²) in [5, 5.41) is 8.66. The third kappa shape index (κ3) is 5.32. The molecule has 0 bridgehead atoms. The van der Waals surface area contributed by atoms with Gasteiger partial charge in [-0.15, -0.1) is 6.42 Å².